The van der Waals surface area contributed by atoms with Crippen LogP contribution >= 0.6 is 0 Å². The van der Waals surface area contributed by atoms with Gasteiger partial charge in [-0.3, -0.25) is 9.80 Å². The van der Waals surface area contributed by atoms with Gasteiger partial charge in [0.1, 0.15) is 5.57 Å². The molecule has 0 aromatic heterocycles. The molecule has 0 bridgehead atoms. The average Bonchev–Trinajstić information content (AvgIpc) is 2.47. The van der Waals surface area contributed by atoms with E-state index in [-0.39, 0.29) is 0 Å². The third-order valence-corrected chi connectivity index (χ3v) is 1.72. The summed E-state index contributed by atoms with van der Waals surface area (Å²) in [6.07, 6.45) is 5.11. The van der Waals surface area contributed by atoms with E-state index in [0.717, 1.165) is 0 Å². The third kappa shape index (κ3) is 0.868. The van der Waals surface area contributed by atoms with E-state index >= 15 is 0 Å². The fourth-order valence-corrected chi connectivity index (χ4v) is 1.15. The molecule has 0 saturated carbocycles. The maximum absolute atomic E-state index is 10.8. The van der Waals surface area contributed by atoms with Crippen LogP contribution in [0.3, 0.4) is 0 Å². The molecule has 5 nitrogen and oxygen atoms in total. The second-order valence-electron chi connectivity index (χ2n) is 2.50. The summed E-state index contributed by atoms with van der Waals surface area (Å²) in [7, 11) is 0. The first-order chi connectivity index (χ1) is 5.79. The van der Waals surface area contributed by atoms with Gasteiger partial charge in [0, 0.05) is 12.4 Å². The Bertz CT molecular complexity index is 315. The first-order valence-electron chi connectivity index (χ1n) is 3.56. The predicted octanol–water partition coefficient (Wildman–Crippen LogP) is -0.898. The second-order valence-corrected chi connectivity index (χ2v) is 2.50. The van der Waals surface area contributed by atoms with Crippen molar-refractivity contribution in [3.63, 3.8) is 0 Å². The summed E-state index contributed by atoms with van der Waals surface area (Å²) in [5, 5.41) is 1.75. The molecule has 0 spiro atoms. The summed E-state index contributed by atoms with van der Waals surface area (Å²) < 4.78 is 0. The lowest BCUT2D eigenvalue weighted by atomic mass is 10.2. The van der Waals surface area contributed by atoms with E-state index < -0.39 is 5.91 Å². The predicted molar refractivity (Wildman–Crippen MR) is 43.7 cm³/mol. The second kappa shape index (κ2) is 2.37. The minimum absolute atomic E-state index is 0.430. The number of nitrogens with two attached hydrogens (primary N) is 1. The molecule has 0 aliphatic carbocycles. The molecule has 2 aliphatic heterocycles. The molecule has 0 aromatic carbocycles. The van der Waals surface area contributed by atoms with Crippen molar-refractivity contribution in [3.8, 4) is 0 Å². The van der Waals surface area contributed by atoms with Crippen LogP contribution in [-0.4, -0.2) is 23.3 Å². The summed E-state index contributed by atoms with van der Waals surface area (Å²) in [5.41, 5.74) is 8.43. The Kier molecular flexibility index (Phi) is 1.36. The van der Waals surface area contributed by atoms with Crippen molar-refractivity contribution in [2.24, 2.45) is 10.7 Å². The smallest absolute Gasteiger partial charge is 0.254 e. The first-order valence-corrected chi connectivity index (χ1v) is 3.56. The van der Waals surface area contributed by atoms with Gasteiger partial charge in [-0.25, -0.2) is 4.99 Å². The number of rotatable bonds is 1. The van der Waals surface area contributed by atoms with E-state index in [1.54, 1.807) is 17.4 Å². The monoisotopic (exact) mass is 164 g/mol. The number of amidine groups is 1. The summed E-state index contributed by atoms with van der Waals surface area (Å²) >= 11 is 0. The summed E-state index contributed by atoms with van der Waals surface area (Å²) in [6, 6.07) is 0. The third-order valence-electron chi connectivity index (χ3n) is 1.72. The van der Waals surface area contributed by atoms with E-state index in [1.807, 2.05) is 6.08 Å². The number of primary amides is 1. The summed E-state index contributed by atoms with van der Waals surface area (Å²) in [4.78, 5) is 14.9. The van der Waals surface area contributed by atoms with Crippen LogP contribution in [0.15, 0.2) is 29.0 Å². The number of carbonyl (C=O) groups is 1. The van der Waals surface area contributed by atoms with Gasteiger partial charge < -0.3 is 11.2 Å². The Hall–Kier alpha value is -1.78. The number of nitrogens with zero attached hydrogens (tertiary/aromatic N) is 2. The number of amides is 1. The van der Waals surface area contributed by atoms with Gasteiger partial charge in [0.2, 0.25) is 0 Å². The topological polar surface area (TPSA) is 70.7 Å². The van der Waals surface area contributed by atoms with E-state index in [1.165, 1.54) is 0 Å². The Morgan fingerprint density at radius 3 is 3.33 bits per heavy atom. The maximum Gasteiger partial charge on any atom is 0.254 e. The number of nitrogens with one attached hydrogen (secondary N) is 1. The summed E-state index contributed by atoms with van der Waals surface area (Å²) in [5.74, 6) is 0.143. The van der Waals surface area contributed by atoms with Crippen LogP contribution in [0, 0.1) is 0 Å². The van der Waals surface area contributed by atoms with Crippen LogP contribution in [0.2, 0.25) is 0 Å². The Morgan fingerprint density at radius 1 is 1.75 bits per heavy atom. The van der Waals surface area contributed by atoms with Gasteiger partial charge in [-0.05, 0) is 6.08 Å². The lowest BCUT2D eigenvalue weighted by Crippen LogP contribution is -2.37. The number of hydrazine groups is 1. The number of carbonyl (C=O) groups excluding carboxylic acids is 1. The van der Waals surface area contributed by atoms with Crippen molar-refractivity contribution in [1.82, 2.24) is 10.4 Å². The molecule has 12 heavy (non-hydrogen) atoms. The standard InChI is InChI=1S/C7H8N4O/c8-6(12)5-4-10-11-3-1-2-9-7(5)11/h1-2,4,10H,3H2,(H2,8,12). The molecule has 0 fully saturated rings. The van der Waals surface area contributed by atoms with Gasteiger partial charge in [0.25, 0.3) is 5.91 Å². The fraction of sp³-hybridized carbons (Fsp3) is 0.143. The first kappa shape index (κ1) is 6.90. The highest BCUT2D eigenvalue weighted by Gasteiger charge is 2.25. The highest BCUT2D eigenvalue weighted by molar-refractivity contribution is 6.21. The number of hydrogen-bond donors (Lipinski definition) is 2. The van der Waals surface area contributed by atoms with Gasteiger partial charge >= 0.3 is 0 Å². The van der Waals surface area contributed by atoms with Gasteiger partial charge in [-0.15, -0.1) is 0 Å². The number of hydrogen-bond acceptors (Lipinski definition) is 4. The largest absolute Gasteiger partial charge is 0.365 e. The molecule has 2 heterocycles. The van der Waals surface area contributed by atoms with E-state index in [2.05, 4.69) is 10.4 Å². The van der Waals surface area contributed by atoms with Gasteiger partial charge in [0.05, 0.1) is 6.54 Å². The van der Waals surface area contributed by atoms with E-state index in [4.69, 9.17) is 5.73 Å². The van der Waals surface area contributed by atoms with Gasteiger partial charge in [0.15, 0.2) is 5.84 Å². The molecule has 0 radical (unpaired) electrons. The maximum atomic E-state index is 10.8. The normalized spacial score (nSPS) is 19.5. The minimum Gasteiger partial charge on any atom is -0.365 e. The Labute approximate surface area is 69.2 Å². The van der Waals surface area contributed by atoms with Crippen molar-refractivity contribution >= 4 is 11.7 Å². The van der Waals surface area contributed by atoms with Crippen molar-refractivity contribution in [1.29, 1.82) is 0 Å². The quantitative estimate of drug-likeness (QED) is 0.527. The molecular weight excluding hydrogens is 156 g/mol. The molecule has 0 unspecified atom stereocenters. The van der Waals surface area contributed by atoms with Crippen LogP contribution < -0.4 is 11.2 Å². The highest BCUT2D eigenvalue weighted by Crippen LogP contribution is 2.11. The summed E-state index contributed by atoms with van der Waals surface area (Å²) in [6.45, 7) is 0.701. The van der Waals surface area contributed by atoms with Crippen LogP contribution in [0.5, 0.6) is 0 Å². The van der Waals surface area contributed by atoms with Crippen molar-refractivity contribution < 1.29 is 4.79 Å². The lowest BCUT2D eigenvalue weighted by molar-refractivity contribution is -0.114. The lowest BCUT2D eigenvalue weighted by Gasteiger charge is -2.19. The molecule has 0 atom stereocenters. The molecule has 1 amide bonds. The molecule has 3 N–H and O–H groups in total. The zero-order valence-electron chi connectivity index (χ0n) is 6.32. The van der Waals surface area contributed by atoms with E-state index in [0.29, 0.717) is 18.0 Å². The van der Waals surface area contributed by atoms with Crippen LogP contribution in [-0.2, 0) is 4.79 Å². The van der Waals surface area contributed by atoms with Crippen molar-refractivity contribution in [2.75, 3.05) is 6.54 Å². The van der Waals surface area contributed by atoms with Crippen LogP contribution in [0.25, 0.3) is 0 Å². The van der Waals surface area contributed by atoms with Crippen LogP contribution in [0.1, 0.15) is 0 Å². The Morgan fingerprint density at radius 2 is 2.58 bits per heavy atom. The fourth-order valence-electron chi connectivity index (χ4n) is 1.15. The average molecular weight is 164 g/mol. The zero-order valence-corrected chi connectivity index (χ0v) is 6.32. The molecule has 2 rings (SSSR count). The molecule has 62 valence electrons. The number of fused-ring (bicyclic) bond motifs is 1. The number of aliphatic imine (C=N–C) groups is 1. The molecule has 2 aliphatic rings. The van der Waals surface area contributed by atoms with Gasteiger partial charge in [-0.1, -0.05) is 0 Å². The minimum atomic E-state index is -0.459. The highest BCUT2D eigenvalue weighted by atomic mass is 16.1. The molecular formula is C7H8N4O. The molecule has 0 saturated heterocycles. The van der Waals surface area contributed by atoms with Crippen molar-refractivity contribution in [2.45, 2.75) is 0 Å². The molecule has 0 aromatic rings. The van der Waals surface area contributed by atoms with Crippen LogP contribution in [0.4, 0.5) is 0 Å². The zero-order chi connectivity index (χ0) is 8.55. The molecule has 5 heteroatoms. The van der Waals surface area contributed by atoms with Crippen molar-refractivity contribution in [3.05, 3.63) is 24.0 Å². The Balaban J connectivity index is 2.34. The van der Waals surface area contributed by atoms with Gasteiger partial charge in [-0.2, -0.15) is 0 Å². The SMILES string of the molecule is NC(=O)C1=CNN2CC=CN=C12. The van der Waals surface area contributed by atoms with E-state index in [9.17, 15) is 4.79 Å².